The number of benzene rings is 1. The van der Waals surface area contributed by atoms with E-state index < -0.39 is 0 Å². The predicted octanol–water partition coefficient (Wildman–Crippen LogP) is 3.71. The number of hydrogen-bond acceptors (Lipinski definition) is 3. The smallest absolute Gasteiger partial charge is 0.194 e. The minimum absolute atomic E-state index is 0.272. The average Bonchev–Trinajstić information content (AvgIpc) is 2.97. The van der Waals surface area contributed by atoms with E-state index in [0.29, 0.717) is 22.8 Å². The van der Waals surface area contributed by atoms with E-state index in [9.17, 15) is 4.39 Å². The molecule has 1 aromatic carbocycles. The van der Waals surface area contributed by atoms with Gasteiger partial charge in [-0.1, -0.05) is 12.1 Å². The lowest BCUT2D eigenvalue weighted by Gasteiger charge is -2.02. The van der Waals surface area contributed by atoms with Crippen LogP contribution in [-0.4, -0.2) is 10.2 Å². The summed E-state index contributed by atoms with van der Waals surface area (Å²) in [5, 5.41) is 7.02. The van der Waals surface area contributed by atoms with Crippen LogP contribution in [0.15, 0.2) is 40.8 Å². The highest BCUT2D eigenvalue weighted by Crippen LogP contribution is 2.36. The number of nitrogen functional groups attached to an aromatic ring is 1. The number of nitrogens with one attached hydrogen (secondary N) is 1. The van der Waals surface area contributed by atoms with E-state index in [2.05, 4.69) is 10.2 Å². The van der Waals surface area contributed by atoms with Crippen molar-refractivity contribution in [3.8, 4) is 22.6 Å². The van der Waals surface area contributed by atoms with Gasteiger partial charge in [0.05, 0.1) is 5.56 Å². The first-order valence-electron chi connectivity index (χ1n) is 5.50. The van der Waals surface area contributed by atoms with Crippen LogP contribution in [0.2, 0.25) is 5.22 Å². The molecule has 2 heterocycles. The summed E-state index contributed by atoms with van der Waals surface area (Å²) in [6.07, 6.45) is 0. The molecule has 6 heteroatoms. The molecule has 0 atom stereocenters. The van der Waals surface area contributed by atoms with Crippen LogP contribution >= 0.6 is 11.6 Å². The standard InChI is InChI=1S/C13H9ClFN3O/c14-10-6-5-9(19-10)12-11(13(16)18-17-12)7-1-3-8(15)4-2-7/h1-6H,(H3,16,17,18). The molecule has 0 amide bonds. The van der Waals surface area contributed by atoms with Crippen molar-refractivity contribution >= 4 is 17.4 Å². The maximum absolute atomic E-state index is 13.0. The first-order chi connectivity index (χ1) is 9.15. The zero-order valence-corrected chi connectivity index (χ0v) is 10.4. The van der Waals surface area contributed by atoms with Crippen LogP contribution in [0.5, 0.6) is 0 Å². The third kappa shape index (κ3) is 2.08. The van der Waals surface area contributed by atoms with Gasteiger partial charge in [0.2, 0.25) is 0 Å². The normalized spacial score (nSPS) is 10.8. The van der Waals surface area contributed by atoms with Crippen molar-refractivity contribution in [3.05, 3.63) is 47.4 Å². The number of hydrogen-bond donors (Lipinski definition) is 2. The van der Waals surface area contributed by atoms with Gasteiger partial charge in [-0.2, -0.15) is 5.10 Å². The summed E-state index contributed by atoms with van der Waals surface area (Å²) in [4.78, 5) is 0. The largest absolute Gasteiger partial charge is 0.443 e. The summed E-state index contributed by atoms with van der Waals surface area (Å²) in [7, 11) is 0. The molecule has 0 aliphatic heterocycles. The second-order valence-corrected chi connectivity index (χ2v) is 4.34. The van der Waals surface area contributed by atoms with Gasteiger partial charge >= 0.3 is 0 Å². The highest BCUT2D eigenvalue weighted by Gasteiger charge is 2.17. The first kappa shape index (κ1) is 11.8. The van der Waals surface area contributed by atoms with E-state index >= 15 is 0 Å². The molecule has 0 fully saturated rings. The Kier molecular flexibility index (Phi) is 2.76. The van der Waals surface area contributed by atoms with Gasteiger partial charge < -0.3 is 10.2 Å². The minimum atomic E-state index is -0.312. The van der Waals surface area contributed by atoms with Crippen LogP contribution in [0.3, 0.4) is 0 Å². The number of halogens is 2. The molecule has 0 saturated carbocycles. The van der Waals surface area contributed by atoms with Crippen molar-refractivity contribution in [3.63, 3.8) is 0 Å². The van der Waals surface area contributed by atoms with E-state index in [1.54, 1.807) is 24.3 Å². The summed E-state index contributed by atoms with van der Waals surface area (Å²) in [6.45, 7) is 0. The lowest BCUT2D eigenvalue weighted by Crippen LogP contribution is -1.88. The molecule has 0 saturated heterocycles. The van der Waals surface area contributed by atoms with Gasteiger partial charge in [-0.25, -0.2) is 4.39 Å². The third-order valence-corrected chi connectivity index (χ3v) is 2.95. The summed E-state index contributed by atoms with van der Waals surface area (Å²) < 4.78 is 18.3. The number of nitrogens with two attached hydrogens (primary N) is 1. The topological polar surface area (TPSA) is 67.8 Å². The summed E-state index contributed by atoms with van der Waals surface area (Å²) in [5.74, 6) is 0.524. The van der Waals surface area contributed by atoms with Gasteiger partial charge in [-0.3, -0.25) is 5.10 Å². The average molecular weight is 278 g/mol. The van der Waals surface area contributed by atoms with Crippen molar-refractivity contribution in [1.82, 2.24) is 10.2 Å². The number of furan rings is 1. The minimum Gasteiger partial charge on any atom is -0.443 e. The molecule has 96 valence electrons. The number of aromatic amines is 1. The maximum atomic E-state index is 13.0. The monoisotopic (exact) mass is 277 g/mol. The second kappa shape index (κ2) is 4.44. The van der Waals surface area contributed by atoms with Crippen LogP contribution < -0.4 is 5.73 Å². The SMILES string of the molecule is Nc1n[nH]c(-c2ccc(Cl)o2)c1-c1ccc(F)cc1. The third-order valence-electron chi connectivity index (χ3n) is 2.75. The Morgan fingerprint density at radius 3 is 2.53 bits per heavy atom. The van der Waals surface area contributed by atoms with Crippen LogP contribution in [0.1, 0.15) is 0 Å². The number of aromatic nitrogens is 2. The van der Waals surface area contributed by atoms with Crippen molar-refractivity contribution in [1.29, 1.82) is 0 Å². The summed E-state index contributed by atoms with van der Waals surface area (Å²) in [5.41, 5.74) is 7.86. The Bertz CT molecular complexity index is 718. The Morgan fingerprint density at radius 1 is 1.16 bits per heavy atom. The molecule has 0 aliphatic carbocycles. The zero-order chi connectivity index (χ0) is 13.4. The van der Waals surface area contributed by atoms with Crippen LogP contribution in [0.25, 0.3) is 22.6 Å². The van der Waals surface area contributed by atoms with Crippen molar-refractivity contribution < 1.29 is 8.81 Å². The van der Waals surface area contributed by atoms with E-state index in [0.717, 1.165) is 5.56 Å². The first-order valence-corrected chi connectivity index (χ1v) is 5.88. The molecule has 0 radical (unpaired) electrons. The Hall–Kier alpha value is -2.27. The maximum Gasteiger partial charge on any atom is 0.194 e. The zero-order valence-electron chi connectivity index (χ0n) is 9.65. The van der Waals surface area contributed by atoms with Gasteiger partial charge in [-0.15, -0.1) is 0 Å². The van der Waals surface area contributed by atoms with Crippen molar-refractivity contribution in [2.24, 2.45) is 0 Å². The molecule has 3 aromatic rings. The molecule has 4 nitrogen and oxygen atoms in total. The molecule has 0 aliphatic rings. The van der Waals surface area contributed by atoms with E-state index in [1.807, 2.05) is 0 Å². The molecule has 3 rings (SSSR count). The fraction of sp³-hybridized carbons (Fsp3) is 0. The lowest BCUT2D eigenvalue weighted by molar-refractivity contribution is 0.582. The number of H-pyrrole nitrogens is 1. The fourth-order valence-corrected chi connectivity index (χ4v) is 2.04. The Labute approximate surface area is 113 Å². The molecule has 3 N–H and O–H groups in total. The molecule has 0 unspecified atom stereocenters. The number of rotatable bonds is 2. The van der Waals surface area contributed by atoms with Crippen molar-refractivity contribution in [2.75, 3.05) is 5.73 Å². The highest BCUT2D eigenvalue weighted by atomic mass is 35.5. The molecular formula is C13H9ClFN3O. The lowest BCUT2D eigenvalue weighted by atomic mass is 10.0. The van der Waals surface area contributed by atoms with E-state index in [4.69, 9.17) is 21.8 Å². The number of anilines is 1. The molecule has 0 spiro atoms. The molecular weight excluding hydrogens is 269 g/mol. The van der Waals surface area contributed by atoms with Crippen LogP contribution in [0, 0.1) is 5.82 Å². The van der Waals surface area contributed by atoms with Crippen molar-refractivity contribution in [2.45, 2.75) is 0 Å². The fourth-order valence-electron chi connectivity index (χ4n) is 1.89. The van der Waals surface area contributed by atoms with Gasteiger partial charge in [-0.05, 0) is 41.4 Å². The van der Waals surface area contributed by atoms with Crippen LogP contribution in [0.4, 0.5) is 10.2 Å². The predicted molar refractivity (Wildman–Crippen MR) is 71.1 cm³/mol. The Balaban J connectivity index is 2.16. The van der Waals surface area contributed by atoms with Crippen LogP contribution in [-0.2, 0) is 0 Å². The molecule has 19 heavy (non-hydrogen) atoms. The van der Waals surface area contributed by atoms with E-state index in [-0.39, 0.29) is 11.0 Å². The van der Waals surface area contributed by atoms with Gasteiger partial charge in [0, 0.05) is 0 Å². The Morgan fingerprint density at radius 2 is 1.89 bits per heavy atom. The number of nitrogens with zero attached hydrogens (tertiary/aromatic N) is 1. The van der Waals surface area contributed by atoms with Gasteiger partial charge in [0.1, 0.15) is 11.5 Å². The quantitative estimate of drug-likeness (QED) is 0.750. The summed E-state index contributed by atoms with van der Waals surface area (Å²) in [6, 6.07) is 9.32. The highest BCUT2D eigenvalue weighted by molar-refractivity contribution is 6.29. The van der Waals surface area contributed by atoms with Gasteiger partial charge in [0.25, 0.3) is 0 Å². The second-order valence-electron chi connectivity index (χ2n) is 3.97. The summed E-state index contributed by atoms with van der Waals surface area (Å²) >= 11 is 5.75. The van der Waals surface area contributed by atoms with Gasteiger partial charge in [0.15, 0.2) is 16.8 Å². The molecule has 0 bridgehead atoms. The molecule has 2 aromatic heterocycles. The van der Waals surface area contributed by atoms with E-state index in [1.165, 1.54) is 12.1 Å².